The summed E-state index contributed by atoms with van der Waals surface area (Å²) in [5.41, 5.74) is 0.394. The second kappa shape index (κ2) is 8.12. The molecule has 0 unspecified atom stereocenters. The summed E-state index contributed by atoms with van der Waals surface area (Å²) in [5, 5.41) is 15.6. The molecular formula is C18H21F2N5O2. The largest absolute Gasteiger partial charge is 0.444 e. The average Bonchev–Trinajstić information content (AvgIpc) is 3.07. The highest BCUT2D eigenvalue weighted by molar-refractivity contribution is 5.69. The zero-order valence-corrected chi connectivity index (χ0v) is 15.5. The molecule has 0 bridgehead atoms. The summed E-state index contributed by atoms with van der Waals surface area (Å²) in [7, 11) is 0. The standard InChI is InChI=1S/C18H21F2N5O2/c1-5-14(24-17(26)27-18(2,3)4)11-6-7-12(9-21)13(8-11)15-22-10-23-25(15)16(19)20/h6-8,10,14,16H,5H2,1-4H3,(H,24,26)/t14-/m1/s1. The van der Waals surface area contributed by atoms with E-state index in [1.54, 1.807) is 32.9 Å². The zero-order chi connectivity index (χ0) is 20.2. The third-order valence-electron chi connectivity index (χ3n) is 3.66. The maximum Gasteiger partial charge on any atom is 0.408 e. The molecule has 0 spiro atoms. The molecule has 0 radical (unpaired) electrons. The predicted molar refractivity (Wildman–Crippen MR) is 93.8 cm³/mol. The van der Waals surface area contributed by atoms with E-state index in [4.69, 9.17) is 4.74 Å². The Labute approximate surface area is 156 Å². The normalized spacial score (nSPS) is 12.5. The molecule has 0 saturated carbocycles. The van der Waals surface area contributed by atoms with Crippen LogP contribution in [0.5, 0.6) is 0 Å². The van der Waals surface area contributed by atoms with Crippen LogP contribution in [0.1, 0.15) is 57.8 Å². The molecule has 1 heterocycles. The molecule has 0 aliphatic carbocycles. The van der Waals surface area contributed by atoms with E-state index < -0.39 is 24.3 Å². The summed E-state index contributed by atoms with van der Waals surface area (Å²) >= 11 is 0. The third kappa shape index (κ3) is 5.00. The van der Waals surface area contributed by atoms with Crippen molar-refractivity contribution < 1.29 is 18.3 Å². The number of halogens is 2. The van der Waals surface area contributed by atoms with E-state index >= 15 is 0 Å². The van der Waals surface area contributed by atoms with Crippen LogP contribution in [0.2, 0.25) is 0 Å². The minimum absolute atomic E-state index is 0.115. The number of rotatable bonds is 5. The number of hydrogen-bond donors (Lipinski definition) is 1. The molecule has 0 fully saturated rings. The van der Waals surface area contributed by atoms with Gasteiger partial charge in [-0.2, -0.15) is 23.8 Å². The second-order valence-corrected chi connectivity index (χ2v) is 6.83. The lowest BCUT2D eigenvalue weighted by atomic mass is 9.98. The summed E-state index contributed by atoms with van der Waals surface area (Å²) in [6.45, 7) is 4.24. The highest BCUT2D eigenvalue weighted by atomic mass is 19.3. The van der Waals surface area contributed by atoms with Gasteiger partial charge in [-0.25, -0.2) is 9.78 Å². The molecule has 1 N–H and O–H groups in total. The van der Waals surface area contributed by atoms with Crippen LogP contribution < -0.4 is 5.32 Å². The van der Waals surface area contributed by atoms with Gasteiger partial charge in [-0.1, -0.05) is 13.0 Å². The summed E-state index contributed by atoms with van der Waals surface area (Å²) < 4.78 is 32.0. The molecule has 0 aliphatic rings. The number of nitriles is 1. The average molecular weight is 377 g/mol. The first-order chi connectivity index (χ1) is 12.7. The number of alkyl halides is 2. The molecule has 9 heteroatoms. The number of aromatic nitrogens is 3. The number of nitrogens with zero attached hydrogens (tertiary/aromatic N) is 4. The van der Waals surface area contributed by atoms with Crippen molar-refractivity contribution in [2.45, 2.75) is 52.3 Å². The summed E-state index contributed by atoms with van der Waals surface area (Å²) in [5.74, 6) is -0.115. The Morgan fingerprint density at radius 2 is 2.11 bits per heavy atom. The molecule has 1 atom stereocenters. The van der Waals surface area contributed by atoms with E-state index in [2.05, 4.69) is 15.4 Å². The lowest BCUT2D eigenvalue weighted by Crippen LogP contribution is -2.34. The van der Waals surface area contributed by atoms with Crippen molar-refractivity contribution in [3.8, 4) is 17.5 Å². The Morgan fingerprint density at radius 1 is 1.41 bits per heavy atom. The minimum atomic E-state index is -2.89. The van der Waals surface area contributed by atoms with Crippen LogP contribution in [0, 0.1) is 11.3 Å². The molecule has 0 saturated heterocycles. The van der Waals surface area contributed by atoms with Gasteiger partial charge in [0.05, 0.1) is 17.7 Å². The summed E-state index contributed by atoms with van der Waals surface area (Å²) in [4.78, 5) is 15.9. The van der Waals surface area contributed by atoms with Gasteiger partial charge >= 0.3 is 12.6 Å². The molecule has 0 aliphatic heterocycles. The number of amides is 1. The maximum atomic E-state index is 13.1. The Morgan fingerprint density at radius 3 is 2.67 bits per heavy atom. The molecule has 144 valence electrons. The van der Waals surface area contributed by atoms with Gasteiger partial charge in [-0.15, -0.1) is 0 Å². The fourth-order valence-electron chi connectivity index (χ4n) is 2.52. The van der Waals surface area contributed by atoms with Crippen molar-refractivity contribution in [2.75, 3.05) is 0 Å². The van der Waals surface area contributed by atoms with Gasteiger partial charge in [-0.3, -0.25) is 0 Å². The van der Waals surface area contributed by atoms with Crippen LogP contribution in [0.15, 0.2) is 24.5 Å². The SMILES string of the molecule is CC[C@@H](NC(=O)OC(C)(C)C)c1ccc(C#N)c(-c2ncnn2C(F)F)c1. The smallest absolute Gasteiger partial charge is 0.408 e. The maximum absolute atomic E-state index is 13.1. The van der Waals surface area contributed by atoms with E-state index in [0.717, 1.165) is 6.33 Å². The first kappa shape index (κ1) is 20.3. The van der Waals surface area contributed by atoms with Crippen molar-refractivity contribution in [3.05, 3.63) is 35.7 Å². The molecule has 2 rings (SSSR count). The van der Waals surface area contributed by atoms with Gasteiger partial charge in [-0.05, 0) is 44.9 Å². The number of hydrogen-bond acceptors (Lipinski definition) is 5. The molecule has 1 aromatic carbocycles. The van der Waals surface area contributed by atoms with E-state index in [9.17, 15) is 18.8 Å². The highest BCUT2D eigenvalue weighted by Crippen LogP contribution is 2.29. The monoisotopic (exact) mass is 377 g/mol. The van der Waals surface area contributed by atoms with Crippen molar-refractivity contribution in [1.29, 1.82) is 5.26 Å². The van der Waals surface area contributed by atoms with Crippen molar-refractivity contribution >= 4 is 6.09 Å². The molecule has 1 amide bonds. The number of ether oxygens (including phenoxy) is 1. The van der Waals surface area contributed by atoms with Crippen molar-refractivity contribution in [1.82, 2.24) is 20.1 Å². The first-order valence-electron chi connectivity index (χ1n) is 8.37. The van der Waals surface area contributed by atoms with E-state index in [0.29, 0.717) is 16.7 Å². The number of carbonyl (C=O) groups is 1. The predicted octanol–water partition coefficient (Wildman–Crippen LogP) is 4.19. The fourth-order valence-corrected chi connectivity index (χ4v) is 2.52. The van der Waals surface area contributed by atoms with Crippen LogP contribution in [0.25, 0.3) is 11.4 Å². The highest BCUT2D eigenvalue weighted by Gasteiger charge is 2.22. The topological polar surface area (TPSA) is 92.8 Å². The van der Waals surface area contributed by atoms with E-state index in [-0.39, 0.29) is 17.0 Å². The summed E-state index contributed by atoms with van der Waals surface area (Å²) in [6.07, 6.45) is 0.952. The number of alkyl carbamates (subject to hydrolysis) is 1. The Hall–Kier alpha value is -3.02. The molecule has 2 aromatic rings. The van der Waals surface area contributed by atoms with E-state index in [1.807, 2.05) is 13.0 Å². The van der Waals surface area contributed by atoms with Crippen LogP contribution in [-0.4, -0.2) is 26.5 Å². The Balaban J connectivity index is 2.39. The first-order valence-corrected chi connectivity index (χ1v) is 8.37. The van der Waals surface area contributed by atoms with Crippen LogP contribution >= 0.6 is 0 Å². The van der Waals surface area contributed by atoms with Crippen LogP contribution in [0.3, 0.4) is 0 Å². The summed E-state index contributed by atoms with van der Waals surface area (Å²) in [6, 6.07) is 6.28. The van der Waals surface area contributed by atoms with Crippen molar-refractivity contribution in [3.63, 3.8) is 0 Å². The van der Waals surface area contributed by atoms with Gasteiger partial charge in [0.25, 0.3) is 0 Å². The van der Waals surface area contributed by atoms with Gasteiger partial charge in [0.1, 0.15) is 11.9 Å². The van der Waals surface area contributed by atoms with E-state index in [1.165, 1.54) is 6.07 Å². The van der Waals surface area contributed by atoms with Gasteiger partial charge in [0.2, 0.25) is 0 Å². The number of nitrogens with one attached hydrogen (secondary N) is 1. The van der Waals surface area contributed by atoms with Crippen LogP contribution in [0.4, 0.5) is 13.6 Å². The van der Waals surface area contributed by atoms with Gasteiger partial charge in [0.15, 0.2) is 5.82 Å². The molecule has 27 heavy (non-hydrogen) atoms. The van der Waals surface area contributed by atoms with Gasteiger partial charge < -0.3 is 10.1 Å². The minimum Gasteiger partial charge on any atom is -0.444 e. The lowest BCUT2D eigenvalue weighted by molar-refractivity contribution is 0.0501. The van der Waals surface area contributed by atoms with Crippen LogP contribution in [-0.2, 0) is 4.74 Å². The van der Waals surface area contributed by atoms with Crippen molar-refractivity contribution in [2.24, 2.45) is 0 Å². The number of carbonyl (C=O) groups excluding carboxylic acids is 1. The zero-order valence-electron chi connectivity index (χ0n) is 15.5. The Bertz CT molecular complexity index is 852. The molecule has 1 aromatic heterocycles. The third-order valence-corrected chi connectivity index (χ3v) is 3.66. The number of benzene rings is 1. The second-order valence-electron chi connectivity index (χ2n) is 6.83. The van der Waals surface area contributed by atoms with Gasteiger partial charge in [0, 0.05) is 5.56 Å². The lowest BCUT2D eigenvalue weighted by Gasteiger charge is -2.23. The molecular weight excluding hydrogens is 356 g/mol. The molecule has 7 nitrogen and oxygen atoms in total. The quantitative estimate of drug-likeness (QED) is 0.843. The fraction of sp³-hybridized carbons (Fsp3) is 0.444. The Kier molecular flexibility index (Phi) is 6.10.